The molecule has 3 aliphatic carbocycles. The minimum absolute atomic E-state index is 0.0114. The number of hydrazine groups is 1. The highest BCUT2D eigenvalue weighted by Crippen LogP contribution is 2.65. The Balaban J connectivity index is 1.67. The minimum Gasteiger partial charge on any atom is -0.404 e. The highest BCUT2D eigenvalue weighted by atomic mass is 16.7. The number of unbranched alkanes of at least 4 members (excludes halogenated alkanes) is 1. The normalized spacial score (nSPS) is 27.9. The third kappa shape index (κ3) is 8.32. The van der Waals surface area contributed by atoms with Crippen LogP contribution in [0, 0.1) is 33.3 Å². The first-order chi connectivity index (χ1) is 19.3. The highest BCUT2D eigenvalue weighted by Gasteiger charge is 2.68. The van der Waals surface area contributed by atoms with E-state index < -0.39 is 35.6 Å². The van der Waals surface area contributed by atoms with Crippen molar-refractivity contribution in [1.29, 1.82) is 0 Å². The van der Waals surface area contributed by atoms with Crippen LogP contribution in [-0.4, -0.2) is 73.4 Å². The van der Waals surface area contributed by atoms with Gasteiger partial charge in [-0.3, -0.25) is 9.59 Å². The van der Waals surface area contributed by atoms with E-state index in [1.165, 1.54) is 0 Å². The lowest BCUT2D eigenvalue weighted by molar-refractivity contribution is -0.525. The van der Waals surface area contributed by atoms with Crippen molar-refractivity contribution in [2.45, 2.75) is 110 Å². The number of ether oxygens (including phenoxy) is 1. The summed E-state index contributed by atoms with van der Waals surface area (Å²) in [5, 5.41) is 15.6. The van der Waals surface area contributed by atoms with Crippen LogP contribution in [0.1, 0.15) is 86.5 Å². The second-order valence-corrected chi connectivity index (χ2v) is 12.9. The minimum atomic E-state index is -0.863. The van der Waals surface area contributed by atoms with E-state index in [1.54, 1.807) is 5.43 Å². The van der Waals surface area contributed by atoms with E-state index in [0.29, 0.717) is 31.3 Å². The molecule has 13 nitrogen and oxygen atoms in total. The first kappa shape index (κ1) is 33.1. The van der Waals surface area contributed by atoms with E-state index in [0.717, 1.165) is 25.7 Å². The van der Waals surface area contributed by atoms with E-state index in [2.05, 4.69) is 50.2 Å². The van der Waals surface area contributed by atoms with Crippen LogP contribution in [0.3, 0.4) is 0 Å². The zero-order valence-corrected chi connectivity index (χ0v) is 25.4. The van der Waals surface area contributed by atoms with Gasteiger partial charge in [0.15, 0.2) is 5.03 Å². The predicted octanol–water partition coefficient (Wildman–Crippen LogP) is 1.96. The molecule has 41 heavy (non-hydrogen) atoms. The molecule has 1 saturated heterocycles. The van der Waals surface area contributed by atoms with Gasteiger partial charge in [0.05, 0.1) is 17.6 Å². The number of hydrogen-bond acceptors (Lipinski definition) is 8. The fraction of sp³-hybridized carbons (Fsp3) is 0.889. The lowest BCUT2D eigenvalue weighted by atomic mass is 9.43. The van der Waals surface area contributed by atoms with Gasteiger partial charge in [-0.15, -0.1) is 0 Å². The van der Waals surface area contributed by atoms with Gasteiger partial charge in [0.25, 0.3) is 5.96 Å². The largest absolute Gasteiger partial charge is 0.481 e. The number of nitrogens with one attached hydrogen (secondary N) is 3. The molecule has 0 aromatic heterocycles. The molecule has 232 valence electrons. The summed E-state index contributed by atoms with van der Waals surface area (Å²) in [4.78, 5) is 40.7. The zero-order chi connectivity index (χ0) is 30.4. The number of hydrogen-bond donors (Lipinski definition) is 4. The maximum absolute atomic E-state index is 13.6. The maximum Gasteiger partial charge on any atom is 0.481 e. The second kappa shape index (κ2) is 14.1. The Morgan fingerprint density at radius 3 is 2.59 bits per heavy atom. The molecule has 1 aliphatic heterocycles. The lowest BCUT2D eigenvalue weighted by Gasteiger charge is -2.64. The SMILES string of the molecule is CCCCOCC(=O)N[C@@H](CCCN=C(N)N[N+](=O)[O-])C(=O)N[C@@H](CC(C)C)B1O[C@@H]2C[C@H]3C[C@H](C3(C)C)[C@]2(C)O1. The van der Waals surface area contributed by atoms with Crippen LogP contribution in [0.2, 0.25) is 0 Å². The number of nitro groups is 1. The van der Waals surface area contributed by atoms with Crippen molar-refractivity contribution in [1.82, 2.24) is 16.1 Å². The first-order valence-electron chi connectivity index (χ1n) is 15.0. The summed E-state index contributed by atoms with van der Waals surface area (Å²) in [6, 6.07) is -0.863. The molecule has 14 heteroatoms. The van der Waals surface area contributed by atoms with Gasteiger partial charge in [0, 0.05) is 13.2 Å². The lowest BCUT2D eigenvalue weighted by Crippen LogP contribution is -2.65. The summed E-state index contributed by atoms with van der Waals surface area (Å²) in [6.07, 6.45) is 5.11. The predicted molar refractivity (Wildman–Crippen MR) is 155 cm³/mol. The number of rotatable bonds is 16. The molecule has 1 heterocycles. The van der Waals surface area contributed by atoms with E-state index >= 15 is 0 Å². The fourth-order valence-electron chi connectivity index (χ4n) is 6.64. The molecular formula is C27H49BN6O7. The van der Waals surface area contributed by atoms with Gasteiger partial charge in [-0.1, -0.05) is 46.5 Å². The summed E-state index contributed by atoms with van der Waals surface area (Å²) >= 11 is 0. The van der Waals surface area contributed by atoms with Crippen LogP contribution in [0.5, 0.6) is 0 Å². The molecule has 2 bridgehead atoms. The Bertz CT molecular complexity index is 966. The van der Waals surface area contributed by atoms with Gasteiger partial charge < -0.3 is 30.4 Å². The smallest absolute Gasteiger partial charge is 0.404 e. The summed E-state index contributed by atoms with van der Waals surface area (Å²) in [5.74, 6) is -0.196. The summed E-state index contributed by atoms with van der Waals surface area (Å²) in [6.45, 7) is 13.4. The Hall–Kier alpha value is -2.45. The average molecular weight is 581 g/mol. The van der Waals surface area contributed by atoms with Crippen molar-refractivity contribution in [3.05, 3.63) is 10.1 Å². The quantitative estimate of drug-likeness (QED) is 0.0530. The molecular weight excluding hydrogens is 531 g/mol. The fourth-order valence-corrected chi connectivity index (χ4v) is 6.64. The number of amides is 2. The number of nitrogens with zero attached hydrogens (tertiary/aromatic N) is 2. The molecule has 4 rings (SSSR count). The van der Waals surface area contributed by atoms with Gasteiger partial charge >= 0.3 is 7.12 Å². The molecule has 6 atom stereocenters. The van der Waals surface area contributed by atoms with Crippen LogP contribution in [0.4, 0.5) is 0 Å². The third-order valence-electron chi connectivity index (χ3n) is 9.02. The standard InChI is InChI=1S/C27H49BN6O7/c1-7-8-12-39-16-23(35)31-19(10-9-11-30-25(29)33-34(37)38)24(36)32-22(13-17(2)3)28-40-21-15-18-14-20(26(18,4)5)27(21,6)41-28/h17-22H,7-16H2,1-6H3,(H,31,35)(H,32,36)(H3,29,30,33)/t18-,19+,20-,21-,22+,27+/m1/s1. The highest BCUT2D eigenvalue weighted by molar-refractivity contribution is 6.48. The van der Waals surface area contributed by atoms with Crippen LogP contribution in [-0.2, 0) is 23.6 Å². The molecule has 0 radical (unpaired) electrons. The van der Waals surface area contributed by atoms with Crippen molar-refractivity contribution in [3.8, 4) is 0 Å². The van der Waals surface area contributed by atoms with Gasteiger partial charge in [-0.25, -0.2) is 15.1 Å². The Morgan fingerprint density at radius 2 is 1.95 bits per heavy atom. The number of nitrogens with two attached hydrogens (primary N) is 1. The maximum atomic E-state index is 13.6. The molecule has 4 fully saturated rings. The Labute approximate surface area is 243 Å². The topological polar surface area (TPSA) is 179 Å². The van der Waals surface area contributed by atoms with Crippen molar-refractivity contribution in [3.63, 3.8) is 0 Å². The molecule has 0 aromatic carbocycles. The van der Waals surface area contributed by atoms with E-state index in [9.17, 15) is 19.7 Å². The van der Waals surface area contributed by atoms with Crippen molar-refractivity contribution >= 4 is 24.9 Å². The summed E-state index contributed by atoms with van der Waals surface area (Å²) < 4.78 is 18.6. The van der Waals surface area contributed by atoms with Crippen molar-refractivity contribution in [2.75, 3.05) is 19.8 Å². The number of guanidine groups is 1. The first-order valence-corrected chi connectivity index (χ1v) is 15.0. The Kier molecular flexibility index (Phi) is 11.4. The molecule has 0 spiro atoms. The summed E-state index contributed by atoms with van der Waals surface area (Å²) in [7, 11) is -0.585. The molecule has 0 unspecified atom stereocenters. The second-order valence-electron chi connectivity index (χ2n) is 12.9. The zero-order valence-electron chi connectivity index (χ0n) is 25.4. The van der Waals surface area contributed by atoms with Crippen LogP contribution in [0.15, 0.2) is 4.99 Å². The molecule has 2 amide bonds. The third-order valence-corrected chi connectivity index (χ3v) is 9.02. The van der Waals surface area contributed by atoms with Crippen molar-refractivity contribution < 1.29 is 28.7 Å². The molecule has 4 aliphatic rings. The van der Waals surface area contributed by atoms with Gasteiger partial charge in [0.1, 0.15) is 12.6 Å². The van der Waals surface area contributed by atoms with Crippen LogP contribution < -0.4 is 21.8 Å². The van der Waals surface area contributed by atoms with Gasteiger partial charge in [-0.2, -0.15) is 0 Å². The summed E-state index contributed by atoms with van der Waals surface area (Å²) in [5.41, 5.74) is 7.08. The van der Waals surface area contributed by atoms with E-state index in [4.69, 9.17) is 19.8 Å². The molecule has 5 N–H and O–H groups in total. The van der Waals surface area contributed by atoms with Crippen LogP contribution in [0.25, 0.3) is 0 Å². The Morgan fingerprint density at radius 1 is 1.22 bits per heavy atom. The molecule has 0 aromatic rings. The van der Waals surface area contributed by atoms with Crippen molar-refractivity contribution in [2.24, 2.45) is 33.9 Å². The van der Waals surface area contributed by atoms with Gasteiger partial charge in [0.2, 0.25) is 11.8 Å². The average Bonchev–Trinajstić information content (AvgIpc) is 3.24. The molecule has 3 saturated carbocycles. The number of aliphatic imine (C=N–C) groups is 1. The van der Waals surface area contributed by atoms with E-state index in [-0.39, 0.29) is 48.9 Å². The van der Waals surface area contributed by atoms with Crippen LogP contribution >= 0.6 is 0 Å². The van der Waals surface area contributed by atoms with E-state index in [1.807, 2.05) is 6.92 Å². The van der Waals surface area contributed by atoms with Gasteiger partial charge in [-0.05, 0) is 68.6 Å². The number of carbonyl (C=O) groups excluding carboxylic acids is 2. The monoisotopic (exact) mass is 580 g/mol. The number of carbonyl (C=O) groups is 2.